The first-order chi connectivity index (χ1) is 21.1. The number of hydrogen-bond donors (Lipinski definition) is 1. The predicted molar refractivity (Wildman–Crippen MR) is 158 cm³/mol. The number of rotatable bonds is 12. The highest BCUT2D eigenvalue weighted by atomic mass is 16.5. The van der Waals surface area contributed by atoms with Gasteiger partial charge in [-0.15, -0.1) is 0 Å². The van der Waals surface area contributed by atoms with Crippen molar-refractivity contribution in [1.29, 1.82) is 0 Å². The Kier molecular flexibility index (Phi) is 8.00. The number of ether oxygens (including phenoxy) is 1. The molecule has 216 valence electrons. The number of nitrogens with zero attached hydrogens (tertiary/aromatic N) is 6. The van der Waals surface area contributed by atoms with Gasteiger partial charge in [0.15, 0.2) is 11.3 Å². The number of pyridine rings is 1. The Labute approximate surface area is 247 Å². The van der Waals surface area contributed by atoms with E-state index in [4.69, 9.17) is 9.15 Å². The number of oxazole rings is 1. The molecule has 4 aromatic heterocycles. The van der Waals surface area contributed by atoms with Gasteiger partial charge in [0.25, 0.3) is 12.0 Å². The molecule has 43 heavy (non-hydrogen) atoms. The molecule has 1 aliphatic rings. The highest BCUT2D eigenvalue weighted by molar-refractivity contribution is 5.98. The molecule has 1 aromatic carbocycles. The van der Waals surface area contributed by atoms with Crippen LogP contribution in [0.5, 0.6) is 5.88 Å². The van der Waals surface area contributed by atoms with E-state index < -0.39 is 5.41 Å². The van der Waals surface area contributed by atoms with Gasteiger partial charge in [0.2, 0.25) is 11.7 Å². The van der Waals surface area contributed by atoms with Crippen LogP contribution in [0.2, 0.25) is 0 Å². The summed E-state index contributed by atoms with van der Waals surface area (Å²) >= 11 is 0. The number of H-pyrrole nitrogens is 1. The van der Waals surface area contributed by atoms with E-state index in [1.165, 1.54) is 12.5 Å². The van der Waals surface area contributed by atoms with E-state index in [1.54, 1.807) is 31.9 Å². The van der Waals surface area contributed by atoms with E-state index in [0.717, 1.165) is 35.0 Å². The molecule has 0 radical (unpaired) electrons. The Morgan fingerprint density at radius 2 is 1.98 bits per heavy atom. The summed E-state index contributed by atoms with van der Waals surface area (Å²) in [6.07, 6.45) is 14.0. The fraction of sp³-hybridized carbons (Fsp3) is 0.312. The molecule has 0 saturated heterocycles. The van der Waals surface area contributed by atoms with Gasteiger partial charge in [-0.2, -0.15) is 4.79 Å². The number of amides is 1. The van der Waals surface area contributed by atoms with Gasteiger partial charge in [-0.3, -0.25) is 14.8 Å². The zero-order valence-corrected chi connectivity index (χ0v) is 23.7. The molecule has 0 aliphatic heterocycles. The molecule has 11 heteroatoms. The molecular formula is C32H30N7O4+. The van der Waals surface area contributed by atoms with Crippen molar-refractivity contribution >= 4 is 22.6 Å². The Balaban J connectivity index is 1.22. The lowest BCUT2D eigenvalue weighted by atomic mass is 10.00. The third-order valence-corrected chi connectivity index (χ3v) is 7.70. The standard InChI is InChI=1S/C32H30N7O4/c1-42-29-23(17-21-7-5-6-9-24(21)39-29)25-19-36-28(38-25)22(8-3-2-4-10-26(40)30-35-15-16-43-30)18-37-31(41)32(11-12-32)27-20-33-13-14-34-27/h5-7,9,13-17,19-20,22H,2-4,8,10-12H2,1H3,(H,36,38)/q+1. The average molecular weight is 577 g/mol. The van der Waals surface area contributed by atoms with E-state index in [1.807, 2.05) is 30.3 Å². The SMILES string of the molecule is COc1nc2ccccc2cc1-c1cnc(C(C#[N+]C(=O)C2(c3cnccn3)CC2)CCCCCC(=O)c2ncco2)[nH]1. The fourth-order valence-corrected chi connectivity index (χ4v) is 5.13. The topological polar surface area (TPSA) is 141 Å². The lowest BCUT2D eigenvalue weighted by molar-refractivity contribution is -0.117. The number of methoxy groups -OCH3 is 1. The molecule has 11 nitrogen and oxygen atoms in total. The quantitative estimate of drug-likeness (QED) is 0.141. The molecule has 1 aliphatic carbocycles. The number of hydrogen-bond acceptors (Lipinski definition) is 9. The van der Waals surface area contributed by atoms with Gasteiger partial charge in [-0.1, -0.05) is 31.0 Å². The van der Waals surface area contributed by atoms with E-state index in [2.05, 4.69) is 40.8 Å². The van der Waals surface area contributed by atoms with Crippen LogP contribution in [0.25, 0.3) is 27.0 Å². The van der Waals surface area contributed by atoms with Crippen molar-refractivity contribution in [3.05, 3.63) is 89.8 Å². The van der Waals surface area contributed by atoms with Crippen LogP contribution in [-0.2, 0) is 10.2 Å². The molecule has 1 N–H and O–H groups in total. The van der Waals surface area contributed by atoms with Gasteiger partial charge in [-0.25, -0.2) is 15.0 Å². The molecule has 4 heterocycles. The van der Waals surface area contributed by atoms with E-state index in [-0.39, 0.29) is 23.5 Å². The van der Waals surface area contributed by atoms with Crippen LogP contribution in [0, 0.1) is 6.07 Å². The van der Waals surface area contributed by atoms with Crippen LogP contribution < -0.4 is 4.74 Å². The second-order valence-corrected chi connectivity index (χ2v) is 10.6. The largest absolute Gasteiger partial charge is 0.527 e. The van der Waals surface area contributed by atoms with Crippen molar-refractivity contribution in [2.45, 2.75) is 56.3 Å². The lowest BCUT2D eigenvalue weighted by Crippen LogP contribution is -2.19. The van der Waals surface area contributed by atoms with Gasteiger partial charge in [0, 0.05) is 35.2 Å². The van der Waals surface area contributed by atoms with Gasteiger partial charge >= 0.3 is 5.91 Å². The van der Waals surface area contributed by atoms with Crippen molar-refractivity contribution in [2.75, 3.05) is 7.11 Å². The summed E-state index contributed by atoms with van der Waals surface area (Å²) in [5.41, 5.74) is 2.24. The third kappa shape index (κ3) is 6.04. The summed E-state index contributed by atoms with van der Waals surface area (Å²) in [4.78, 5) is 54.9. The van der Waals surface area contributed by atoms with Crippen molar-refractivity contribution in [1.82, 2.24) is 29.9 Å². The number of carbonyl (C=O) groups excluding carboxylic acids is 2. The van der Waals surface area contributed by atoms with Crippen LogP contribution in [-0.4, -0.2) is 48.7 Å². The molecule has 1 saturated carbocycles. The van der Waals surface area contributed by atoms with E-state index in [9.17, 15) is 9.59 Å². The normalized spacial score (nSPS) is 14.1. The van der Waals surface area contributed by atoms with Crippen LogP contribution in [0.1, 0.15) is 73.1 Å². The third-order valence-electron chi connectivity index (χ3n) is 7.70. The van der Waals surface area contributed by atoms with Crippen LogP contribution in [0.4, 0.5) is 0 Å². The van der Waals surface area contributed by atoms with Crippen LogP contribution in [0.15, 0.2) is 72.0 Å². The summed E-state index contributed by atoms with van der Waals surface area (Å²) in [6, 6.07) is 12.9. The van der Waals surface area contributed by atoms with Crippen molar-refractivity contribution in [3.8, 4) is 23.2 Å². The highest BCUT2D eigenvalue weighted by Crippen LogP contribution is 2.48. The Morgan fingerprint density at radius 1 is 1.09 bits per heavy atom. The fourth-order valence-electron chi connectivity index (χ4n) is 5.13. The molecular weight excluding hydrogens is 546 g/mol. The minimum atomic E-state index is -0.732. The predicted octanol–water partition coefficient (Wildman–Crippen LogP) is 5.92. The minimum Gasteiger partial charge on any atom is -0.480 e. The summed E-state index contributed by atoms with van der Waals surface area (Å²) in [7, 11) is 1.59. The lowest BCUT2D eigenvalue weighted by Gasteiger charge is -2.08. The monoisotopic (exact) mass is 576 g/mol. The van der Waals surface area contributed by atoms with Crippen LogP contribution in [0.3, 0.4) is 0 Å². The van der Waals surface area contributed by atoms with Crippen LogP contribution >= 0.6 is 0 Å². The molecule has 1 atom stereocenters. The van der Waals surface area contributed by atoms with Gasteiger partial charge in [0.05, 0.1) is 42.0 Å². The number of aromatic amines is 1. The van der Waals surface area contributed by atoms with Crippen molar-refractivity contribution in [2.24, 2.45) is 0 Å². The minimum absolute atomic E-state index is 0.118. The van der Waals surface area contributed by atoms with Crippen molar-refractivity contribution in [3.63, 3.8) is 0 Å². The smallest absolute Gasteiger partial charge is 0.480 e. The first-order valence-corrected chi connectivity index (χ1v) is 14.3. The number of unbranched alkanes of at least 4 members (excludes halogenated alkanes) is 2. The number of carbonyl (C=O) groups is 2. The first kappa shape index (κ1) is 27.9. The molecule has 5 aromatic rings. The Bertz CT molecular complexity index is 1800. The zero-order chi connectivity index (χ0) is 29.6. The Hall–Kier alpha value is -5.24. The number of benzene rings is 1. The van der Waals surface area contributed by atoms with Gasteiger partial charge in [-0.05, 0) is 37.8 Å². The molecule has 1 unspecified atom stereocenters. The molecule has 0 bridgehead atoms. The zero-order valence-electron chi connectivity index (χ0n) is 23.7. The first-order valence-electron chi connectivity index (χ1n) is 14.3. The van der Waals surface area contributed by atoms with E-state index >= 15 is 0 Å². The number of Topliss-reactive ketones (excluding diaryl/α,β-unsaturated/α-hetero) is 1. The molecule has 1 fully saturated rings. The number of imidazole rings is 1. The molecule has 0 spiro atoms. The van der Waals surface area contributed by atoms with E-state index in [0.29, 0.717) is 49.5 Å². The summed E-state index contributed by atoms with van der Waals surface area (Å²) in [5, 5.41) is 0.975. The number of aromatic nitrogens is 6. The Morgan fingerprint density at radius 3 is 2.74 bits per heavy atom. The average Bonchev–Trinajstić information content (AvgIpc) is 3.41. The maximum Gasteiger partial charge on any atom is 0.527 e. The number of para-hydroxylation sites is 1. The van der Waals surface area contributed by atoms with Crippen molar-refractivity contribution < 1.29 is 18.7 Å². The number of fused-ring (bicyclic) bond motifs is 1. The molecule has 6 rings (SSSR count). The number of nitrogens with one attached hydrogen (secondary N) is 1. The summed E-state index contributed by atoms with van der Waals surface area (Å²) < 4.78 is 10.7. The van der Waals surface area contributed by atoms with Gasteiger partial charge in [0.1, 0.15) is 12.1 Å². The second-order valence-electron chi connectivity index (χ2n) is 10.6. The van der Waals surface area contributed by atoms with Gasteiger partial charge < -0.3 is 14.1 Å². The highest BCUT2D eigenvalue weighted by Gasteiger charge is 2.60. The summed E-state index contributed by atoms with van der Waals surface area (Å²) in [6.45, 7) is 0. The summed E-state index contributed by atoms with van der Waals surface area (Å²) in [5.74, 6) is 0.470. The number of ketones is 1. The maximum absolute atomic E-state index is 13.3. The molecule has 1 amide bonds. The second kappa shape index (κ2) is 12.3. The maximum atomic E-state index is 13.3.